The summed E-state index contributed by atoms with van der Waals surface area (Å²) in [5.74, 6) is 0.655. The second-order valence-electron chi connectivity index (χ2n) is 9.10. The second kappa shape index (κ2) is 14.9. The number of aryl methyl sites for hydroxylation is 1. The lowest BCUT2D eigenvalue weighted by Gasteiger charge is -2.42. The molecule has 1 aliphatic heterocycles. The first-order valence-corrected chi connectivity index (χ1v) is 12.6. The van der Waals surface area contributed by atoms with Gasteiger partial charge in [0.1, 0.15) is 11.9 Å². The fourth-order valence-corrected chi connectivity index (χ4v) is 5.41. The zero-order valence-electron chi connectivity index (χ0n) is 21.1. The number of aliphatic hydroxyl groups excluding tert-OH is 1. The van der Waals surface area contributed by atoms with Gasteiger partial charge in [-0.3, -0.25) is 4.90 Å². The summed E-state index contributed by atoms with van der Waals surface area (Å²) >= 11 is 6.46. The number of hydrogen-bond donors (Lipinski definition) is 3. The van der Waals surface area contributed by atoms with E-state index in [1.54, 1.807) is 0 Å². The van der Waals surface area contributed by atoms with E-state index in [4.69, 9.17) is 16.6 Å². The lowest BCUT2D eigenvalue weighted by atomic mass is 9.80. The van der Waals surface area contributed by atoms with Gasteiger partial charge in [0, 0.05) is 43.4 Å². The molecule has 0 spiro atoms. The maximum atomic E-state index is 12.1. The van der Waals surface area contributed by atoms with E-state index in [0.29, 0.717) is 16.5 Å². The Balaban J connectivity index is 0.00000169. The van der Waals surface area contributed by atoms with Gasteiger partial charge in [0.15, 0.2) is 0 Å². The number of aromatic amines is 1. The zero-order valence-corrected chi connectivity index (χ0v) is 24.3. The number of hydrogen-bond acceptors (Lipinski definition) is 4. The van der Waals surface area contributed by atoms with Crippen molar-refractivity contribution in [2.24, 2.45) is 0 Å². The number of imidazole rings is 1. The summed E-state index contributed by atoms with van der Waals surface area (Å²) in [7, 11) is 0. The molecule has 9 heteroatoms. The minimum atomic E-state index is -0.800. The van der Waals surface area contributed by atoms with Gasteiger partial charge in [-0.2, -0.15) is 0 Å². The third kappa shape index (κ3) is 6.91. The fraction of sp³-hybridized carbons (Fsp3) is 0.276. The highest BCUT2D eigenvalue weighted by atomic mass is 35.5. The van der Waals surface area contributed by atoms with Crippen LogP contribution in [0.3, 0.4) is 0 Å². The number of aliphatic hydroxyl groups is 1. The molecule has 2 heterocycles. The maximum Gasteiger partial charge on any atom is 0.139 e. The van der Waals surface area contributed by atoms with Crippen molar-refractivity contribution in [2.45, 2.75) is 25.0 Å². The molecule has 2 atom stereocenters. The molecule has 0 radical (unpaired) electrons. The van der Waals surface area contributed by atoms with Crippen molar-refractivity contribution < 1.29 is 5.11 Å². The average Bonchev–Trinajstić information content (AvgIpc) is 3.30. The van der Waals surface area contributed by atoms with Crippen LogP contribution in [0.25, 0.3) is 11.4 Å². The van der Waals surface area contributed by atoms with Gasteiger partial charge < -0.3 is 15.4 Å². The summed E-state index contributed by atoms with van der Waals surface area (Å²) in [6.45, 7) is 5.48. The highest BCUT2D eigenvalue weighted by molar-refractivity contribution is 6.33. The van der Waals surface area contributed by atoms with Crippen LogP contribution in [0, 0.1) is 6.92 Å². The molecule has 5 nitrogen and oxygen atoms in total. The Kier molecular flexibility index (Phi) is 12.6. The normalized spacial score (nSPS) is 15.1. The van der Waals surface area contributed by atoms with Crippen LogP contribution in [0.15, 0.2) is 84.9 Å². The van der Waals surface area contributed by atoms with Crippen molar-refractivity contribution in [1.82, 2.24) is 20.2 Å². The summed E-state index contributed by atoms with van der Waals surface area (Å²) in [6, 6.07) is 28.5. The third-order valence-corrected chi connectivity index (χ3v) is 7.22. The molecule has 1 aliphatic rings. The van der Waals surface area contributed by atoms with Crippen molar-refractivity contribution in [3.8, 4) is 11.4 Å². The van der Waals surface area contributed by atoms with Gasteiger partial charge >= 0.3 is 0 Å². The van der Waals surface area contributed by atoms with E-state index in [0.717, 1.165) is 37.4 Å². The molecular formula is C29H34Cl4N4O. The van der Waals surface area contributed by atoms with Crippen molar-refractivity contribution >= 4 is 48.8 Å². The fourth-order valence-electron chi connectivity index (χ4n) is 5.19. The summed E-state index contributed by atoms with van der Waals surface area (Å²) in [6.07, 6.45) is -0.800. The molecule has 1 fully saturated rings. The Hall–Kier alpha value is -2.09. The lowest BCUT2D eigenvalue weighted by Crippen LogP contribution is -2.52. The van der Waals surface area contributed by atoms with Crippen LogP contribution in [-0.2, 0) is 0 Å². The monoisotopic (exact) mass is 594 g/mol. The van der Waals surface area contributed by atoms with Gasteiger partial charge in [0.2, 0.25) is 0 Å². The van der Waals surface area contributed by atoms with Crippen LogP contribution < -0.4 is 5.32 Å². The molecule has 0 amide bonds. The van der Waals surface area contributed by atoms with Crippen molar-refractivity contribution in [1.29, 1.82) is 0 Å². The van der Waals surface area contributed by atoms with Gasteiger partial charge in [-0.1, -0.05) is 84.4 Å². The molecule has 1 saturated heterocycles. The summed E-state index contributed by atoms with van der Waals surface area (Å²) in [4.78, 5) is 10.7. The molecule has 3 aromatic carbocycles. The Bertz CT molecular complexity index is 1210. The predicted molar refractivity (Wildman–Crippen MR) is 163 cm³/mol. The summed E-state index contributed by atoms with van der Waals surface area (Å²) < 4.78 is 0. The van der Waals surface area contributed by atoms with E-state index in [-0.39, 0.29) is 49.2 Å². The number of rotatable bonds is 7. The van der Waals surface area contributed by atoms with Gasteiger partial charge in [-0.05, 0) is 30.2 Å². The van der Waals surface area contributed by atoms with Crippen LogP contribution in [-0.4, -0.2) is 52.2 Å². The Morgan fingerprint density at radius 3 is 1.89 bits per heavy atom. The third-order valence-electron chi connectivity index (χ3n) is 6.89. The predicted octanol–water partition coefficient (Wildman–Crippen LogP) is 6.44. The molecule has 0 saturated carbocycles. The van der Waals surface area contributed by atoms with Crippen LogP contribution in [0.5, 0.6) is 0 Å². The molecule has 0 aliphatic carbocycles. The number of halogens is 4. The van der Waals surface area contributed by atoms with Crippen molar-refractivity contribution in [3.63, 3.8) is 0 Å². The molecular weight excluding hydrogens is 562 g/mol. The molecule has 2 unspecified atom stereocenters. The molecule has 5 rings (SSSR count). The minimum absolute atomic E-state index is 0. The molecule has 0 bridgehead atoms. The molecule has 3 N–H and O–H groups in total. The topological polar surface area (TPSA) is 64.2 Å². The lowest BCUT2D eigenvalue weighted by molar-refractivity contribution is 0.0295. The van der Waals surface area contributed by atoms with Crippen LogP contribution in [0.4, 0.5) is 0 Å². The first kappa shape index (κ1) is 32.1. The Labute approximate surface area is 248 Å². The molecule has 4 aromatic rings. The minimum Gasteiger partial charge on any atom is -0.385 e. The highest BCUT2D eigenvalue weighted by Gasteiger charge is 2.38. The Morgan fingerprint density at radius 2 is 1.34 bits per heavy atom. The smallest absolute Gasteiger partial charge is 0.139 e. The maximum absolute atomic E-state index is 12.1. The highest BCUT2D eigenvalue weighted by Crippen LogP contribution is 2.39. The number of benzene rings is 3. The van der Waals surface area contributed by atoms with Crippen molar-refractivity contribution in [2.75, 3.05) is 26.2 Å². The largest absolute Gasteiger partial charge is 0.385 e. The van der Waals surface area contributed by atoms with Crippen LogP contribution in [0.2, 0.25) is 5.02 Å². The van der Waals surface area contributed by atoms with E-state index in [2.05, 4.69) is 63.7 Å². The first-order chi connectivity index (χ1) is 17.1. The number of H-pyrrole nitrogens is 1. The van der Waals surface area contributed by atoms with E-state index >= 15 is 0 Å². The van der Waals surface area contributed by atoms with E-state index in [9.17, 15) is 5.11 Å². The van der Waals surface area contributed by atoms with E-state index in [1.165, 1.54) is 11.1 Å². The van der Waals surface area contributed by atoms with Crippen LogP contribution >= 0.6 is 48.8 Å². The zero-order chi connectivity index (χ0) is 24.2. The quantitative estimate of drug-likeness (QED) is 0.230. The molecule has 204 valence electrons. The Morgan fingerprint density at radius 1 is 0.816 bits per heavy atom. The number of nitrogens with one attached hydrogen (secondary N) is 2. The van der Waals surface area contributed by atoms with E-state index < -0.39 is 6.10 Å². The van der Waals surface area contributed by atoms with Crippen molar-refractivity contribution in [3.05, 3.63) is 112 Å². The van der Waals surface area contributed by atoms with Gasteiger partial charge in [-0.15, -0.1) is 37.2 Å². The van der Waals surface area contributed by atoms with Gasteiger partial charge in [0.25, 0.3) is 0 Å². The summed E-state index contributed by atoms with van der Waals surface area (Å²) in [5, 5.41) is 16.1. The SMILES string of the molecule is Cc1[nH]c(-c2ccccc2Cl)nc1C(O)C(C(c1ccccc1)c1ccccc1)N1CCNCC1.Cl.Cl.Cl. The molecule has 38 heavy (non-hydrogen) atoms. The van der Waals surface area contributed by atoms with Gasteiger partial charge in [-0.25, -0.2) is 4.98 Å². The second-order valence-corrected chi connectivity index (χ2v) is 9.50. The standard InChI is InChI=1S/C29H31ClN4O.3ClH/c1-20-26(33-29(32-20)23-14-8-9-15-24(23)30)28(35)27(34-18-16-31-17-19-34)25(21-10-4-2-5-11-21)22-12-6-3-7-13-22;;;/h2-15,25,27-28,31,35H,16-19H2,1H3,(H,32,33);3*1H. The number of nitrogens with zero attached hydrogens (tertiary/aromatic N) is 2. The van der Waals surface area contributed by atoms with E-state index in [1.807, 2.05) is 43.3 Å². The average molecular weight is 596 g/mol. The molecule has 1 aromatic heterocycles. The van der Waals surface area contributed by atoms with Crippen LogP contribution in [0.1, 0.15) is 34.5 Å². The number of aromatic nitrogens is 2. The van der Waals surface area contributed by atoms with Gasteiger partial charge in [0.05, 0.1) is 16.8 Å². The first-order valence-electron chi connectivity index (χ1n) is 12.2. The number of piperazine rings is 1. The summed E-state index contributed by atoms with van der Waals surface area (Å²) in [5.41, 5.74) is 4.71.